The standard InChI is InChI=1S/C24H54N2S2/c1-7-9-11-13-15-17-19-25(3,4)21-23-27-28-24-22-26(5,6)20-18-16-14-12-10-8-2/h7-24H2,1-6H3/q+2. The van der Waals surface area contributed by atoms with Crippen LogP contribution in [0.25, 0.3) is 0 Å². The number of rotatable bonds is 21. The molecular formula is C24H54N2S2+2. The molecule has 4 heteroatoms. The molecule has 0 rings (SSSR count). The smallest absolute Gasteiger partial charge is 0.0882 e. The van der Waals surface area contributed by atoms with Gasteiger partial charge in [-0.05, 0) is 25.7 Å². The van der Waals surface area contributed by atoms with Gasteiger partial charge in [0, 0.05) is 0 Å². The van der Waals surface area contributed by atoms with Crippen LogP contribution in [0.15, 0.2) is 0 Å². The minimum atomic E-state index is 1.20. The van der Waals surface area contributed by atoms with Crippen molar-refractivity contribution in [3.05, 3.63) is 0 Å². The Morgan fingerprint density at radius 1 is 0.429 bits per heavy atom. The maximum absolute atomic E-state index is 2.41. The quantitative estimate of drug-likeness (QED) is 0.106. The summed E-state index contributed by atoms with van der Waals surface area (Å²) in [6.07, 6.45) is 16.9. The maximum Gasteiger partial charge on any atom is 0.0882 e. The van der Waals surface area contributed by atoms with Crippen molar-refractivity contribution < 1.29 is 8.97 Å². The fraction of sp³-hybridized carbons (Fsp3) is 1.00. The summed E-state index contributed by atoms with van der Waals surface area (Å²) in [6, 6.07) is 0. The van der Waals surface area contributed by atoms with E-state index in [0.29, 0.717) is 0 Å². The van der Waals surface area contributed by atoms with E-state index in [2.05, 4.69) is 63.6 Å². The molecule has 0 amide bonds. The molecule has 0 N–H and O–H groups in total. The fourth-order valence-electron chi connectivity index (χ4n) is 3.55. The second-order valence-corrected chi connectivity index (χ2v) is 12.6. The van der Waals surface area contributed by atoms with Gasteiger partial charge in [0.2, 0.25) is 0 Å². The molecule has 2 nitrogen and oxygen atoms in total. The third-order valence-electron chi connectivity index (χ3n) is 5.88. The second kappa shape index (κ2) is 18.4. The number of nitrogens with zero attached hydrogens (tertiary/aromatic N) is 2. The van der Waals surface area contributed by atoms with Gasteiger partial charge in [-0.3, -0.25) is 0 Å². The molecule has 0 unspecified atom stereocenters. The number of hydrogen-bond donors (Lipinski definition) is 0. The molecule has 0 heterocycles. The fourth-order valence-corrected chi connectivity index (χ4v) is 6.08. The van der Waals surface area contributed by atoms with Crippen LogP contribution in [0.4, 0.5) is 0 Å². The molecule has 0 bridgehead atoms. The van der Waals surface area contributed by atoms with Crippen LogP contribution in [0.3, 0.4) is 0 Å². The molecule has 0 spiro atoms. The maximum atomic E-state index is 2.41. The van der Waals surface area contributed by atoms with Gasteiger partial charge in [0.1, 0.15) is 0 Å². The first-order chi connectivity index (χ1) is 13.3. The van der Waals surface area contributed by atoms with Gasteiger partial charge in [0.15, 0.2) is 0 Å². The molecule has 0 atom stereocenters. The van der Waals surface area contributed by atoms with Crippen LogP contribution in [-0.2, 0) is 0 Å². The highest BCUT2D eigenvalue weighted by molar-refractivity contribution is 8.76. The molecule has 0 aliphatic heterocycles. The molecule has 0 radical (unpaired) electrons. The van der Waals surface area contributed by atoms with Crippen LogP contribution in [0.2, 0.25) is 0 Å². The van der Waals surface area contributed by atoms with Crippen LogP contribution < -0.4 is 0 Å². The summed E-state index contributed by atoms with van der Waals surface area (Å²) in [7, 11) is 13.9. The molecule has 0 saturated carbocycles. The average Bonchev–Trinajstić information content (AvgIpc) is 2.64. The molecule has 0 aromatic heterocycles. The predicted molar refractivity (Wildman–Crippen MR) is 135 cm³/mol. The highest BCUT2D eigenvalue weighted by Crippen LogP contribution is 2.23. The van der Waals surface area contributed by atoms with Crippen molar-refractivity contribution in [2.75, 3.05) is 65.9 Å². The van der Waals surface area contributed by atoms with Crippen molar-refractivity contribution in [1.82, 2.24) is 0 Å². The lowest BCUT2D eigenvalue weighted by Crippen LogP contribution is -2.42. The molecular weight excluding hydrogens is 380 g/mol. The highest BCUT2D eigenvalue weighted by Gasteiger charge is 2.16. The molecule has 0 fully saturated rings. The van der Waals surface area contributed by atoms with E-state index in [-0.39, 0.29) is 0 Å². The Bertz CT molecular complexity index is 301. The first kappa shape index (κ1) is 28.6. The summed E-state index contributed by atoms with van der Waals surface area (Å²) in [4.78, 5) is 0. The van der Waals surface area contributed by atoms with E-state index in [9.17, 15) is 0 Å². The Morgan fingerprint density at radius 3 is 1.11 bits per heavy atom. The van der Waals surface area contributed by atoms with Crippen molar-refractivity contribution >= 4 is 21.6 Å². The first-order valence-electron chi connectivity index (χ1n) is 12.2. The van der Waals surface area contributed by atoms with Crippen molar-refractivity contribution in [3.63, 3.8) is 0 Å². The van der Waals surface area contributed by atoms with Gasteiger partial charge in [-0.15, -0.1) is 0 Å². The van der Waals surface area contributed by atoms with Crippen LogP contribution in [0.1, 0.15) is 90.9 Å². The largest absolute Gasteiger partial charge is 0.328 e. The van der Waals surface area contributed by atoms with Crippen molar-refractivity contribution in [2.24, 2.45) is 0 Å². The molecule has 170 valence electrons. The molecule has 0 aliphatic rings. The zero-order chi connectivity index (χ0) is 21.1. The van der Waals surface area contributed by atoms with Crippen molar-refractivity contribution in [2.45, 2.75) is 90.9 Å². The SMILES string of the molecule is CCCCCCCC[N+](C)(C)CCSSCC[N+](C)(C)CCCCCCCC. The Balaban J connectivity index is 3.58. The molecule has 0 aromatic rings. The lowest BCUT2D eigenvalue weighted by atomic mass is 10.1. The summed E-state index contributed by atoms with van der Waals surface area (Å²) in [6.45, 7) is 9.90. The van der Waals surface area contributed by atoms with Crippen LogP contribution in [0.5, 0.6) is 0 Å². The molecule has 0 aliphatic carbocycles. The number of hydrogen-bond acceptors (Lipinski definition) is 2. The minimum Gasteiger partial charge on any atom is -0.328 e. The van der Waals surface area contributed by atoms with Gasteiger partial charge >= 0.3 is 0 Å². The van der Waals surface area contributed by atoms with Gasteiger partial charge in [-0.1, -0.05) is 86.8 Å². The Labute approximate surface area is 187 Å². The van der Waals surface area contributed by atoms with Gasteiger partial charge in [0.25, 0.3) is 0 Å². The first-order valence-corrected chi connectivity index (χ1v) is 14.7. The van der Waals surface area contributed by atoms with E-state index < -0.39 is 0 Å². The second-order valence-electron chi connectivity index (χ2n) is 9.95. The monoisotopic (exact) mass is 434 g/mol. The van der Waals surface area contributed by atoms with E-state index in [1.165, 1.54) is 124 Å². The zero-order valence-electron chi connectivity index (χ0n) is 20.4. The normalized spacial score (nSPS) is 12.6. The number of quaternary nitrogens is 2. The van der Waals surface area contributed by atoms with Crippen LogP contribution in [-0.4, -0.2) is 74.8 Å². The number of unbranched alkanes of at least 4 members (excludes halogenated alkanes) is 10. The Hall–Kier alpha value is 0.620. The predicted octanol–water partition coefficient (Wildman–Crippen LogP) is 7.24. The summed E-state index contributed by atoms with van der Waals surface area (Å²) in [5.41, 5.74) is 0. The molecule has 0 saturated heterocycles. The van der Waals surface area contributed by atoms with Gasteiger partial charge < -0.3 is 8.97 Å². The van der Waals surface area contributed by atoms with E-state index in [1.54, 1.807) is 0 Å². The van der Waals surface area contributed by atoms with Crippen molar-refractivity contribution in [1.29, 1.82) is 0 Å². The van der Waals surface area contributed by atoms with E-state index in [1.807, 2.05) is 0 Å². The van der Waals surface area contributed by atoms with E-state index in [0.717, 1.165) is 0 Å². The Morgan fingerprint density at radius 2 is 0.750 bits per heavy atom. The minimum absolute atomic E-state index is 1.20. The summed E-state index contributed by atoms with van der Waals surface area (Å²) in [5, 5.41) is 0. The topological polar surface area (TPSA) is 0 Å². The Kier molecular flexibility index (Phi) is 18.8. The van der Waals surface area contributed by atoms with Gasteiger partial charge in [-0.2, -0.15) is 0 Å². The van der Waals surface area contributed by atoms with Gasteiger partial charge in [-0.25, -0.2) is 0 Å². The van der Waals surface area contributed by atoms with Crippen LogP contribution >= 0.6 is 21.6 Å². The summed E-state index contributed by atoms with van der Waals surface area (Å²) >= 11 is 0. The lowest BCUT2D eigenvalue weighted by molar-refractivity contribution is -0.888. The molecule has 0 aromatic carbocycles. The average molecular weight is 435 g/mol. The highest BCUT2D eigenvalue weighted by atomic mass is 33.1. The van der Waals surface area contributed by atoms with Crippen molar-refractivity contribution in [3.8, 4) is 0 Å². The third-order valence-corrected chi connectivity index (χ3v) is 8.24. The van der Waals surface area contributed by atoms with Gasteiger partial charge in [0.05, 0.1) is 65.9 Å². The van der Waals surface area contributed by atoms with Crippen LogP contribution in [0, 0.1) is 0 Å². The lowest BCUT2D eigenvalue weighted by Gasteiger charge is -2.30. The summed E-state index contributed by atoms with van der Waals surface area (Å²) < 4.78 is 2.39. The molecule has 28 heavy (non-hydrogen) atoms. The van der Waals surface area contributed by atoms with E-state index >= 15 is 0 Å². The zero-order valence-corrected chi connectivity index (χ0v) is 22.1. The van der Waals surface area contributed by atoms with E-state index in [4.69, 9.17) is 0 Å². The summed E-state index contributed by atoms with van der Waals surface area (Å²) in [5.74, 6) is 2.58. The third kappa shape index (κ3) is 19.9.